The van der Waals surface area contributed by atoms with Crippen molar-refractivity contribution in [3.8, 4) is 17.2 Å². The van der Waals surface area contributed by atoms with Gasteiger partial charge in [0.2, 0.25) is 5.91 Å². The standard InChI is InChI=1S/C21H27ClN2O4/c1-5-26-19-10-8-16(12-20(19)27-6-2)24-21(25)13-23-15-7-9-18(17(22)11-15)28-14(3)4/h7-12,14,23H,5-6,13H2,1-4H3,(H,24,25). The van der Waals surface area contributed by atoms with Crippen LogP contribution in [0.1, 0.15) is 27.7 Å². The van der Waals surface area contributed by atoms with Gasteiger partial charge in [0.15, 0.2) is 11.5 Å². The zero-order valence-corrected chi connectivity index (χ0v) is 17.4. The molecule has 0 fully saturated rings. The van der Waals surface area contributed by atoms with Gasteiger partial charge in [-0.05, 0) is 58.0 Å². The summed E-state index contributed by atoms with van der Waals surface area (Å²) in [5.74, 6) is 1.68. The Morgan fingerprint density at radius 1 is 0.964 bits per heavy atom. The Kier molecular flexibility index (Phi) is 8.26. The molecule has 28 heavy (non-hydrogen) atoms. The second-order valence-electron chi connectivity index (χ2n) is 6.24. The molecule has 0 aliphatic carbocycles. The molecule has 7 heteroatoms. The van der Waals surface area contributed by atoms with E-state index >= 15 is 0 Å². The summed E-state index contributed by atoms with van der Waals surface area (Å²) in [5, 5.41) is 6.38. The van der Waals surface area contributed by atoms with Crippen molar-refractivity contribution in [1.82, 2.24) is 0 Å². The molecular weight excluding hydrogens is 380 g/mol. The monoisotopic (exact) mass is 406 g/mol. The van der Waals surface area contributed by atoms with Crippen molar-refractivity contribution in [1.29, 1.82) is 0 Å². The first-order valence-corrected chi connectivity index (χ1v) is 9.70. The van der Waals surface area contributed by atoms with Crippen molar-refractivity contribution in [3.05, 3.63) is 41.4 Å². The molecule has 0 radical (unpaired) electrons. The first-order chi connectivity index (χ1) is 13.4. The van der Waals surface area contributed by atoms with E-state index in [1.807, 2.05) is 33.8 Å². The van der Waals surface area contributed by atoms with Gasteiger partial charge in [-0.2, -0.15) is 0 Å². The lowest BCUT2D eigenvalue weighted by molar-refractivity contribution is -0.114. The van der Waals surface area contributed by atoms with Gasteiger partial charge in [0.1, 0.15) is 5.75 Å². The molecule has 0 unspecified atom stereocenters. The molecule has 0 atom stereocenters. The Balaban J connectivity index is 1.95. The summed E-state index contributed by atoms with van der Waals surface area (Å²) >= 11 is 6.21. The predicted octanol–water partition coefficient (Wildman–Crippen LogP) is 4.98. The average Bonchev–Trinajstić information content (AvgIpc) is 2.64. The number of hydrogen-bond acceptors (Lipinski definition) is 5. The van der Waals surface area contributed by atoms with Gasteiger partial charge in [-0.25, -0.2) is 0 Å². The van der Waals surface area contributed by atoms with Crippen molar-refractivity contribution >= 4 is 28.9 Å². The van der Waals surface area contributed by atoms with Gasteiger partial charge in [-0.15, -0.1) is 0 Å². The molecule has 2 N–H and O–H groups in total. The molecule has 0 bridgehead atoms. The smallest absolute Gasteiger partial charge is 0.243 e. The number of carbonyl (C=O) groups excluding carboxylic acids is 1. The van der Waals surface area contributed by atoms with Crippen molar-refractivity contribution in [2.45, 2.75) is 33.8 Å². The molecule has 0 aromatic heterocycles. The van der Waals surface area contributed by atoms with Gasteiger partial charge in [-0.3, -0.25) is 4.79 Å². The van der Waals surface area contributed by atoms with Crippen LogP contribution in [0.15, 0.2) is 36.4 Å². The van der Waals surface area contributed by atoms with E-state index in [1.165, 1.54) is 0 Å². The van der Waals surface area contributed by atoms with Crippen molar-refractivity contribution < 1.29 is 19.0 Å². The highest BCUT2D eigenvalue weighted by molar-refractivity contribution is 6.32. The van der Waals surface area contributed by atoms with E-state index in [0.29, 0.717) is 41.2 Å². The van der Waals surface area contributed by atoms with Crippen LogP contribution in [0.5, 0.6) is 17.2 Å². The van der Waals surface area contributed by atoms with Gasteiger partial charge in [0.05, 0.1) is 30.9 Å². The summed E-state index contributed by atoms with van der Waals surface area (Å²) < 4.78 is 16.7. The average molecular weight is 407 g/mol. The van der Waals surface area contributed by atoms with E-state index in [4.69, 9.17) is 25.8 Å². The summed E-state index contributed by atoms with van der Waals surface area (Å²) in [6.45, 7) is 8.82. The SMILES string of the molecule is CCOc1ccc(NC(=O)CNc2ccc(OC(C)C)c(Cl)c2)cc1OCC. The van der Waals surface area contributed by atoms with Crippen LogP contribution in [0.4, 0.5) is 11.4 Å². The zero-order chi connectivity index (χ0) is 20.5. The molecule has 0 heterocycles. The number of amides is 1. The van der Waals surface area contributed by atoms with E-state index in [2.05, 4.69) is 10.6 Å². The van der Waals surface area contributed by atoms with E-state index in [-0.39, 0.29) is 18.6 Å². The summed E-state index contributed by atoms with van der Waals surface area (Å²) in [7, 11) is 0. The van der Waals surface area contributed by atoms with Crippen LogP contribution in [0, 0.1) is 0 Å². The highest BCUT2D eigenvalue weighted by Crippen LogP contribution is 2.31. The molecule has 0 aliphatic heterocycles. The highest BCUT2D eigenvalue weighted by atomic mass is 35.5. The number of hydrogen-bond donors (Lipinski definition) is 2. The number of benzene rings is 2. The summed E-state index contributed by atoms with van der Waals surface area (Å²) in [5.41, 5.74) is 1.37. The minimum atomic E-state index is -0.190. The molecule has 0 aliphatic rings. The fraction of sp³-hybridized carbons (Fsp3) is 0.381. The van der Waals surface area contributed by atoms with Gasteiger partial charge in [0, 0.05) is 17.4 Å². The maximum atomic E-state index is 12.3. The lowest BCUT2D eigenvalue weighted by Gasteiger charge is -2.14. The Hall–Kier alpha value is -2.60. The van der Waals surface area contributed by atoms with Crippen molar-refractivity contribution in [2.24, 2.45) is 0 Å². The molecule has 2 rings (SSSR count). The largest absolute Gasteiger partial charge is 0.490 e. The van der Waals surface area contributed by atoms with E-state index in [0.717, 1.165) is 5.69 Å². The third-order valence-corrected chi connectivity index (χ3v) is 3.87. The Morgan fingerprint density at radius 3 is 2.25 bits per heavy atom. The fourth-order valence-electron chi connectivity index (χ4n) is 2.48. The van der Waals surface area contributed by atoms with Crippen molar-refractivity contribution in [3.63, 3.8) is 0 Å². The van der Waals surface area contributed by atoms with Crippen LogP contribution < -0.4 is 24.8 Å². The topological polar surface area (TPSA) is 68.8 Å². The molecule has 2 aromatic carbocycles. The summed E-state index contributed by atoms with van der Waals surface area (Å²) in [6.07, 6.45) is 0.0396. The van der Waals surface area contributed by atoms with Crippen LogP contribution in [0.25, 0.3) is 0 Å². The predicted molar refractivity (Wildman–Crippen MR) is 113 cm³/mol. The fourth-order valence-corrected chi connectivity index (χ4v) is 2.70. The van der Waals surface area contributed by atoms with Crippen LogP contribution >= 0.6 is 11.6 Å². The Bertz CT molecular complexity index is 796. The quantitative estimate of drug-likeness (QED) is 0.582. The lowest BCUT2D eigenvalue weighted by Crippen LogP contribution is -2.21. The molecule has 6 nitrogen and oxygen atoms in total. The minimum absolute atomic E-state index is 0.0396. The number of rotatable bonds is 10. The second-order valence-corrected chi connectivity index (χ2v) is 6.65. The number of halogens is 1. The number of nitrogens with one attached hydrogen (secondary N) is 2. The van der Waals surface area contributed by atoms with Gasteiger partial charge >= 0.3 is 0 Å². The van der Waals surface area contributed by atoms with Crippen LogP contribution in [0.2, 0.25) is 5.02 Å². The molecule has 0 saturated heterocycles. The normalized spacial score (nSPS) is 10.5. The maximum absolute atomic E-state index is 12.3. The summed E-state index contributed by atoms with van der Waals surface area (Å²) in [6, 6.07) is 10.6. The Labute approximate surface area is 171 Å². The molecule has 152 valence electrons. The molecule has 0 spiro atoms. The molecule has 0 saturated carbocycles. The third-order valence-electron chi connectivity index (χ3n) is 3.57. The minimum Gasteiger partial charge on any atom is -0.490 e. The van der Waals surface area contributed by atoms with E-state index < -0.39 is 0 Å². The number of anilines is 2. The zero-order valence-electron chi connectivity index (χ0n) is 16.7. The first-order valence-electron chi connectivity index (χ1n) is 9.32. The van der Waals surface area contributed by atoms with Gasteiger partial charge < -0.3 is 24.8 Å². The van der Waals surface area contributed by atoms with Gasteiger partial charge in [0.25, 0.3) is 0 Å². The molecule has 2 aromatic rings. The second kappa shape index (κ2) is 10.7. The van der Waals surface area contributed by atoms with E-state index in [9.17, 15) is 4.79 Å². The van der Waals surface area contributed by atoms with Crippen LogP contribution in [0.3, 0.4) is 0 Å². The summed E-state index contributed by atoms with van der Waals surface area (Å²) in [4.78, 5) is 12.3. The van der Waals surface area contributed by atoms with Crippen LogP contribution in [-0.2, 0) is 4.79 Å². The lowest BCUT2D eigenvalue weighted by atomic mass is 10.2. The van der Waals surface area contributed by atoms with Crippen molar-refractivity contribution in [2.75, 3.05) is 30.4 Å². The van der Waals surface area contributed by atoms with Gasteiger partial charge in [-0.1, -0.05) is 11.6 Å². The number of ether oxygens (including phenoxy) is 3. The molecule has 1 amide bonds. The van der Waals surface area contributed by atoms with Crippen LogP contribution in [-0.4, -0.2) is 31.8 Å². The van der Waals surface area contributed by atoms with E-state index in [1.54, 1.807) is 30.3 Å². The molecular formula is C21H27ClN2O4. The number of carbonyl (C=O) groups is 1. The highest BCUT2D eigenvalue weighted by Gasteiger charge is 2.10. The third kappa shape index (κ3) is 6.53. The first kappa shape index (κ1) is 21.7. The Morgan fingerprint density at radius 2 is 1.61 bits per heavy atom. The maximum Gasteiger partial charge on any atom is 0.243 e.